The van der Waals surface area contributed by atoms with E-state index in [4.69, 9.17) is 0 Å². The van der Waals surface area contributed by atoms with Crippen LogP contribution >= 0.6 is 0 Å². The van der Waals surface area contributed by atoms with Gasteiger partial charge in [-0.05, 0) is 17.7 Å². The molecule has 0 unspecified atom stereocenters. The normalized spacial score (nSPS) is 9.78. The third kappa shape index (κ3) is 2.79. The summed E-state index contributed by atoms with van der Waals surface area (Å²) in [5.74, 6) is -0.450. The summed E-state index contributed by atoms with van der Waals surface area (Å²) in [5, 5.41) is 0. The Kier molecular flexibility index (Phi) is 3.81. The van der Waals surface area contributed by atoms with E-state index >= 15 is 0 Å². The van der Waals surface area contributed by atoms with Crippen molar-refractivity contribution in [3.8, 4) is 0 Å². The van der Waals surface area contributed by atoms with E-state index in [2.05, 4.69) is 4.98 Å². The summed E-state index contributed by atoms with van der Waals surface area (Å²) in [5.41, 5.74) is 1.10. The second-order valence-corrected chi connectivity index (χ2v) is 3.68. The zero-order chi connectivity index (χ0) is 12.8. The minimum atomic E-state index is -0.450. The molecule has 0 aliphatic rings. The number of pyridine rings is 1. The fraction of sp³-hybridized carbons (Fsp3) is 0.0714. The maximum Gasteiger partial charge on any atom is 0.319 e. The number of carbonyl (C=O) groups is 1. The zero-order valence-electron chi connectivity index (χ0n) is 9.61. The average Bonchev–Trinajstić information content (AvgIpc) is 2.46. The highest BCUT2D eigenvalue weighted by Gasteiger charge is 2.16. The Bertz CT molecular complexity index is 526. The number of benzene rings is 1. The zero-order valence-corrected chi connectivity index (χ0v) is 9.61. The predicted octanol–water partition coefficient (Wildman–Crippen LogP) is 1.79. The van der Waals surface area contributed by atoms with Crippen LogP contribution < -0.4 is 0 Å². The molecule has 2 amide bonds. The van der Waals surface area contributed by atoms with Crippen LogP contribution in [-0.2, 0) is 11.3 Å². The molecular formula is C14H11N2O2. The van der Waals surface area contributed by atoms with Crippen LogP contribution in [-0.4, -0.2) is 22.2 Å². The number of hydrogen-bond acceptors (Lipinski definition) is 3. The molecule has 0 fully saturated rings. The summed E-state index contributed by atoms with van der Waals surface area (Å²) < 4.78 is 0. The third-order valence-corrected chi connectivity index (χ3v) is 2.42. The summed E-state index contributed by atoms with van der Waals surface area (Å²) in [6, 6.07) is 14.2. The summed E-state index contributed by atoms with van der Waals surface area (Å²) >= 11 is 0. The number of nitrogens with zero attached hydrogens (tertiary/aromatic N) is 2. The third-order valence-electron chi connectivity index (χ3n) is 2.42. The fourth-order valence-electron chi connectivity index (χ4n) is 1.54. The minimum absolute atomic E-state index is 0.194. The van der Waals surface area contributed by atoms with Gasteiger partial charge in [-0.2, -0.15) is 0 Å². The van der Waals surface area contributed by atoms with E-state index in [0.717, 1.165) is 10.5 Å². The molecule has 0 bridgehead atoms. The van der Waals surface area contributed by atoms with E-state index in [-0.39, 0.29) is 12.2 Å². The first-order valence-corrected chi connectivity index (χ1v) is 5.46. The van der Waals surface area contributed by atoms with E-state index in [1.54, 1.807) is 24.6 Å². The van der Waals surface area contributed by atoms with E-state index in [0.29, 0.717) is 0 Å². The van der Waals surface area contributed by atoms with Gasteiger partial charge in [-0.3, -0.25) is 19.5 Å². The Morgan fingerprint density at radius 2 is 1.83 bits per heavy atom. The molecule has 2 aromatic rings. The molecule has 0 saturated heterocycles. The number of rotatable bonds is 4. The number of carbonyl (C=O) groups excluding carboxylic acids is 2. The first kappa shape index (κ1) is 12.0. The number of amides is 2. The van der Waals surface area contributed by atoms with Crippen molar-refractivity contribution < 1.29 is 9.59 Å². The Morgan fingerprint density at radius 3 is 2.44 bits per heavy atom. The summed E-state index contributed by atoms with van der Waals surface area (Å²) in [6.45, 7) is 0.194. The summed E-state index contributed by atoms with van der Waals surface area (Å²) in [4.78, 5) is 27.8. The highest BCUT2D eigenvalue weighted by Crippen LogP contribution is 2.06. The van der Waals surface area contributed by atoms with Gasteiger partial charge in [-0.25, -0.2) is 0 Å². The predicted molar refractivity (Wildman–Crippen MR) is 66.2 cm³/mol. The van der Waals surface area contributed by atoms with E-state index in [1.165, 1.54) is 6.20 Å². The van der Waals surface area contributed by atoms with Crippen LogP contribution in [0.1, 0.15) is 16.1 Å². The van der Waals surface area contributed by atoms with Gasteiger partial charge in [0.25, 0.3) is 5.91 Å². The van der Waals surface area contributed by atoms with Crippen LogP contribution in [0.4, 0.5) is 0 Å². The first-order valence-electron chi connectivity index (χ1n) is 5.46. The van der Waals surface area contributed by atoms with Crippen LogP contribution in [0.3, 0.4) is 0 Å². The van der Waals surface area contributed by atoms with E-state index in [9.17, 15) is 9.59 Å². The molecule has 89 valence electrons. The molecule has 0 atom stereocenters. The molecule has 0 N–H and O–H groups in total. The second-order valence-electron chi connectivity index (χ2n) is 3.68. The van der Waals surface area contributed by atoms with Crippen LogP contribution in [0, 0.1) is 0 Å². The van der Waals surface area contributed by atoms with E-state index in [1.807, 2.05) is 30.3 Å². The fourth-order valence-corrected chi connectivity index (χ4v) is 1.54. The van der Waals surface area contributed by atoms with Crippen molar-refractivity contribution >= 4 is 12.3 Å². The maximum atomic E-state index is 12.0. The molecular weight excluding hydrogens is 228 g/mol. The lowest BCUT2D eigenvalue weighted by Gasteiger charge is -2.13. The molecule has 2 rings (SSSR count). The minimum Gasteiger partial charge on any atom is -0.267 e. The number of hydrogen-bond donors (Lipinski definition) is 0. The topological polar surface area (TPSA) is 50.3 Å². The largest absolute Gasteiger partial charge is 0.319 e. The molecule has 1 aromatic carbocycles. The van der Waals surface area contributed by atoms with Crippen molar-refractivity contribution in [2.45, 2.75) is 6.54 Å². The van der Waals surface area contributed by atoms with Crippen molar-refractivity contribution in [3.05, 3.63) is 66.0 Å². The molecule has 1 radical (unpaired) electrons. The molecule has 4 heteroatoms. The van der Waals surface area contributed by atoms with Gasteiger partial charge in [0.1, 0.15) is 5.69 Å². The van der Waals surface area contributed by atoms with Gasteiger partial charge in [-0.1, -0.05) is 36.4 Å². The maximum absolute atomic E-state index is 12.0. The van der Waals surface area contributed by atoms with E-state index < -0.39 is 5.91 Å². The lowest BCUT2D eigenvalue weighted by molar-refractivity contribution is 0.0830. The van der Waals surface area contributed by atoms with Gasteiger partial charge in [0.05, 0.1) is 6.54 Å². The Morgan fingerprint density at radius 1 is 1.11 bits per heavy atom. The van der Waals surface area contributed by atoms with Gasteiger partial charge in [0, 0.05) is 6.20 Å². The van der Waals surface area contributed by atoms with Crippen molar-refractivity contribution in [2.75, 3.05) is 0 Å². The molecule has 1 aromatic heterocycles. The molecule has 0 aliphatic carbocycles. The average molecular weight is 239 g/mol. The molecule has 0 saturated carbocycles. The molecule has 4 nitrogen and oxygen atoms in total. The van der Waals surface area contributed by atoms with Gasteiger partial charge in [0.15, 0.2) is 0 Å². The van der Waals surface area contributed by atoms with Crippen molar-refractivity contribution in [1.29, 1.82) is 0 Å². The Hall–Kier alpha value is -2.49. The van der Waals surface area contributed by atoms with Gasteiger partial charge >= 0.3 is 6.41 Å². The highest BCUT2D eigenvalue weighted by molar-refractivity contribution is 5.98. The highest BCUT2D eigenvalue weighted by atomic mass is 16.2. The molecule has 1 heterocycles. The van der Waals surface area contributed by atoms with Gasteiger partial charge in [0.2, 0.25) is 0 Å². The lowest BCUT2D eigenvalue weighted by Crippen LogP contribution is -2.29. The quantitative estimate of drug-likeness (QED) is 0.764. The summed E-state index contributed by atoms with van der Waals surface area (Å²) in [7, 11) is 0. The Labute approximate surface area is 105 Å². The number of aromatic nitrogens is 1. The number of imide groups is 1. The molecule has 18 heavy (non-hydrogen) atoms. The standard InChI is InChI=1S/C14H11N2O2/c17-11-16(10-12-6-2-1-3-7-12)14(18)13-8-4-5-9-15-13/h1-9H,10H2. The molecule has 0 aliphatic heterocycles. The molecule has 0 spiro atoms. The second kappa shape index (κ2) is 5.72. The van der Waals surface area contributed by atoms with Crippen LogP contribution in [0.5, 0.6) is 0 Å². The monoisotopic (exact) mass is 239 g/mol. The SMILES string of the molecule is O=[C]N(Cc1ccccc1)C(=O)c1ccccn1. The van der Waals surface area contributed by atoms with Gasteiger partial charge in [-0.15, -0.1) is 0 Å². The van der Waals surface area contributed by atoms with Crippen molar-refractivity contribution in [3.63, 3.8) is 0 Å². The van der Waals surface area contributed by atoms with Crippen LogP contribution in [0.2, 0.25) is 0 Å². The summed E-state index contributed by atoms with van der Waals surface area (Å²) in [6.07, 6.45) is 3.16. The van der Waals surface area contributed by atoms with Crippen molar-refractivity contribution in [2.24, 2.45) is 0 Å². The van der Waals surface area contributed by atoms with Crippen LogP contribution in [0.15, 0.2) is 54.7 Å². The first-order chi connectivity index (χ1) is 8.81. The lowest BCUT2D eigenvalue weighted by atomic mass is 10.2. The smallest absolute Gasteiger partial charge is 0.267 e. The van der Waals surface area contributed by atoms with Crippen molar-refractivity contribution in [1.82, 2.24) is 9.88 Å². The Balaban J connectivity index is 2.15. The van der Waals surface area contributed by atoms with Gasteiger partial charge < -0.3 is 0 Å². The van der Waals surface area contributed by atoms with Crippen LogP contribution in [0.25, 0.3) is 0 Å².